The number of halogens is 1. The van der Waals surface area contributed by atoms with Gasteiger partial charge in [0.05, 0.1) is 12.3 Å². The van der Waals surface area contributed by atoms with Crippen molar-refractivity contribution in [1.29, 1.82) is 0 Å². The first-order valence-electron chi connectivity index (χ1n) is 6.28. The number of rotatable bonds is 7. The predicted octanol–water partition coefficient (Wildman–Crippen LogP) is 2.41. The monoisotopic (exact) mass is 254 g/mol. The Labute approximate surface area is 109 Å². The molecule has 0 saturated heterocycles. The summed E-state index contributed by atoms with van der Waals surface area (Å²) in [6, 6.07) is 5.63. The molecule has 18 heavy (non-hydrogen) atoms. The summed E-state index contributed by atoms with van der Waals surface area (Å²) in [6.45, 7) is 6.07. The van der Waals surface area contributed by atoms with Crippen molar-refractivity contribution in [3.63, 3.8) is 0 Å². The van der Waals surface area contributed by atoms with Crippen LogP contribution in [0.15, 0.2) is 18.2 Å². The summed E-state index contributed by atoms with van der Waals surface area (Å²) in [5, 5.41) is 3.02. The third kappa shape index (κ3) is 3.96. The fourth-order valence-electron chi connectivity index (χ4n) is 1.94. The number of nitrogens with one attached hydrogen (secondary N) is 1. The average molecular weight is 254 g/mol. The lowest BCUT2D eigenvalue weighted by molar-refractivity contribution is 0.203. The van der Waals surface area contributed by atoms with E-state index in [2.05, 4.69) is 19.2 Å². The molecule has 1 aromatic rings. The van der Waals surface area contributed by atoms with E-state index >= 15 is 0 Å². The van der Waals surface area contributed by atoms with E-state index in [1.54, 1.807) is 13.2 Å². The molecule has 3 nitrogen and oxygen atoms in total. The summed E-state index contributed by atoms with van der Waals surface area (Å²) >= 11 is 0. The smallest absolute Gasteiger partial charge is 0.146 e. The molecule has 0 fully saturated rings. The zero-order valence-electron chi connectivity index (χ0n) is 11.7. The predicted molar refractivity (Wildman–Crippen MR) is 73.5 cm³/mol. The Morgan fingerprint density at radius 2 is 2.11 bits per heavy atom. The highest BCUT2D eigenvalue weighted by molar-refractivity contribution is 5.50. The highest BCUT2D eigenvalue weighted by Crippen LogP contribution is 2.22. The molecular formula is C14H23FN2O. The summed E-state index contributed by atoms with van der Waals surface area (Å²) < 4.78 is 19.2. The van der Waals surface area contributed by atoms with Crippen molar-refractivity contribution in [1.82, 2.24) is 5.32 Å². The van der Waals surface area contributed by atoms with Gasteiger partial charge in [-0.25, -0.2) is 4.39 Å². The van der Waals surface area contributed by atoms with E-state index < -0.39 is 0 Å². The normalized spacial score (nSPS) is 11.0. The second-order valence-corrected chi connectivity index (χ2v) is 4.60. The van der Waals surface area contributed by atoms with Crippen LogP contribution in [0.25, 0.3) is 0 Å². The number of ether oxygens (including phenoxy) is 1. The van der Waals surface area contributed by atoms with Crippen LogP contribution in [0.4, 0.5) is 10.1 Å². The first-order chi connectivity index (χ1) is 8.60. The average Bonchev–Trinajstić information content (AvgIpc) is 2.32. The van der Waals surface area contributed by atoms with Crippen LogP contribution in [0, 0.1) is 5.82 Å². The van der Waals surface area contributed by atoms with Gasteiger partial charge in [-0.15, -0.1) is 0 Å². The van der Waals surface area contributed by atoms with Gasteiger partial charge in [0.1, 0.15) is 5.82 Å². The minimum atomic E-state index is -0.174. The number of methoxy groups -OCH3 is 1. The highest BCUT2D eigenvalue weighted by Gasteiger charge is 2.14. The molecule has 0 bridgehead atoms. The Kier molecular flexibility index (Phi) is 6.09. The highest BCUT2D eigenvalue weighted by atomic mass is 19.1. The fourth-order valence-corrected chi connectivity index (χ4v) is 1.94. The van der Waals surface area contributed by atoms with Crippen LogP contribution in [0.3, 0.4) is 0 Å². The van der Waals surface area contributed by atoms with Crippen LogP contribution < -0.4 is 10.2 Å². The molecule has 0 spiro atoms. The summed E-state index contributed by atoms with van der Waals surface area (Å²) in [6.07, 6.45) is 0. The maximum Gasteiger partial charge on any atom is 0.146 e. The molecule has 0 aromatic heterocycles. The Morgan fingerprint density at radius 1 is 1.39 bits per heavy atom. The van der Waals surface area contributed by atoms with Crippen molar-refractivity contribution in [3.8, 4) is 0 Å². The third-order valence-electron chi connectivity index (χ3n) is 2.86. The molecule has 0 unspecified atom stereocenters. The molecule has 1 N–H and O–H groups in total. The quantitative estimate of drug-likeness (QED) is 0.808. The van der Waals surface area contributed by atoms with Crippen molar-refractivity contribution in [3.05, 3.63) is 29.6 Å². The van der Waals surface area contributed by atoms with Gasteiger partial charge in [0, 0.05) is 26.2 Å². The van der Waals surface area contributed by atoms with Crippen LogP contribution in [-0.2, 0) is 11.3 Å². The minimum Gasteiger partial charge on any atom is -0.383 e. The first kappa shape index (κ1) is 14.9. The van der Waals surface area contributed by atoms with Crippen molar-refractivity contribution in [2.45, 2.75) is 26.4 Å². The second kappa shape index (κ2) is 7.34. The molecule has 0 radical (unpaired) electrons. The van der Waals surface area contributed by atoms with Gasteiger partial charge in [0.15, 0.2) is 0 Å². The number of nitrogens with zero attached hydrogens (tertiary/aromatic N) is 1. The Morgan fingerprint density at radius 3 is 2.61 bits per heavy atom. The third-order valence-corrected chi connectivity index (χ3v) is 2.86. The fraction of sp³-hybridized carbons (Fsp3) is 0.571. The van der Waals surface area contributed by atoms with Gasteiger partial charge >= 0.3 is 0 Å². The van der Waals surface area contributed by atoms with Crippen molar-refractivity contribution < 1.29 is 9.13 Å². The van der Waals surface area contributed by atoms with Gasteiger partial charge in [-0.1, -0.05) is 6.07 Å². The van der Waals surface area contributed by atoms with E-state index in [1.807, 2.05) is 24.1 Å². The molecule has 0 aliphatic carbocycles. The lowest BCUT2D eigenvalue weighted by Gasteiger charge is -2.29. The standard InChI is InChI=1S/C14H23FN2O/c1-11(2)17(7-8-18-4)14-6-5-12(10-16-3)9-13(14)15/h5-6,9,11,16H,7-8,10H2,1-4H3. The lowest BCUT2D eigenvalue weighted by atomic mass is 10.1. The summed E-state index contributed by atoms with van der Waals surface area (Å²) in [7, 11) is 3.51. The van der Waals surface area contributed by atoms with Crippen LogP contribution in [-0.4, -0.2) is 33.4 Å². The molecule has 0 heterocycles. The van der Waals surface area contributed by atoms with Gasteiger partial charge in [0.25, 0.3) is 0 Å². The Balaban J connectivity index is 2.90. The first-order valence-corrected chi connectivity index (χ1v) is 6.28. The summed E-state index contributed by atoms with van der Waals surface area (Å²) in [5.41, 5.74) is 1.59. The SMILES string of the molecule is CNCc1ccc(N(CCOC)C(C)C)c(F)c1. The second-order valence-electron chi connectivity index (χ2n) is 4.60. The summed E-state index contributed by atoms with van der Waals surface area (Å²) in [5.74, 6) is -0.174. The topological polar surface area (TPSA) is 24.5 Å². The maximum absolute atomic E-state index is 14.1. The van der Waals surface area contributed by atoms with E-state index in [0.29, 0.717) is 25.4 Å². The molecule has 1 aromatic carbocycles. The van der Waals surface area contributed by atoms with Crippen molar-refractivity contribution in [2.24, 2.45) is 0 Å². The molecule has 1 rings (SSSR count). The van der Waals surface area contributed by atoms with Crippen molar-refractivity contribution in [2.75, 3.05) is 32.2 Å². The van der Waals surface area contributed by atoms with E-state index in [1.165, 1.54) is 0 Å². The Bertz CT molecular complexity index is 369. The minimum absolute atomic E-state index is 0.174. The largest absolute Gasteiger partial charge is 0.383 e. The van der Waals surface area contributed by atoms with Gasteiger partial charge in [-0.05, 0) is 38.6 Å². The number of anilines is 1. The van der Waals surface area contributed by atoms with E-state index in [-0.39, 0.29) is 11.9 Å². The summed E-state index contributed by atoms with van der Waals surface area (Å²) in [4.78, 5) is 2.02. The number of hydrogen-bond donors (Lipinski definition) is 1. The lowest BCUT2D eigenvalue weighted by Crippen LogP contribution is -2.34. The van der Waals surface area contributed by atoms with Crippen LogP contribution >= 0.6 is 0 Å². The van der Waals surface area contributed by atoms with Gasteiger partial charge in [-0.2, -0.15) is 0 Å². The molecule has 0 atom stereocenters. The van der Waals surface area contributed by atoms with Crippen LogP contribution in [0.2, 0.25) is 0 Å². The molecule has 4 heteroatoms. The zero-order chi connectivity index (χ0) is 13.5. The molecule has 0 saturated carbocycles. The van der Waals surface area contributed by atoms with Crippen molar-refractivity contribution >= 4 is 5.69 Å². The number of benzene rings is 1. The molecule has 102 valence electrons. The van der Waals surface area contributed by atoms with E-state index in [9.17, 15) is 4.39 Å². The molecular weight excluding hydrogens is 231 g/mol. The number of hydrogen-bond acceptors (Lipinski definition) is 3. The Hall–Kier alpha value is -1.13. The van der Waals surface area contributed by atoms with Crippen LogP contribution in [0.1, 0.15) is 19.4 Å². The zero-order valence-corrected chi connectivity index (χ0v) is 11.7. The molecule has 0 aliphatic rings. The maximum atomic E-state index is 14.1. The van der Waals surface area contributed by atoms with E-state index in [0.717, 1.165) is 5.56 Å². The van der Waals surface area contributed by atoms with Gasteiger partial charge in [-0.3, -0.25) is 0 Å². The molecule has 0 amide bonds. The molecule has 0 aliphatic heterocycles. The van der Waals surface area contributed by atoms with Crippen LogP contribution in [0.5, 0.6) is 0 Å². The van der Waals surface area contributed by atoms with Gasteiger partial charge in [0.2, 0.25) is 0 Å². The van der Waals surface area contributed by atoms with Gasteiger partial charge < -0.3 is 15.0 Å². The van der Waals surface area contributed by atoms with E-state index in [4.69, 9.17) is 4.74 Å².